The molecule has 0 radical (unpaired) electrons. The second-order valence-electron chi connectivity index (χ2n) is 5.55. The van der Waals surface area contributed by atoms with E-state index in [9.17, 15) is 26.7 Å². The van der Waals surface area contributed by atoms with Gasteiger partial charge in [0.2, 0.25) is 34.8 Å². The highest BCUT2D eigenvalue weighted by atomic mass is 32.2. The van der Waals surface area contributed by atoms with Gasteiger partial charge in [-0.25, -0.2) is 18.0 Å². The van der Waals surface area contributed by atoms with Crippen molar-refractivity contribution in [3.05, 3.63) is 83.7 Å². The molecule has 0 N–H and O–H groups in total. The van der Waals surface area contributed by atoms with Crippen LogP contribution in [0, 0.1) is 29.1 Å². The molecule has 0 spiro atoms. The molecular weight excluding hydrogens is 415 g/mol. The van der Waals surface area contributed by atoms with Crippen molar-refractivity contribution < 1.29 is 36.2 Å². The van der Waals surface area contributed by atoms with E-state index in [-0.39, 0.29) is 5.75 Å². The molecule has 0 aromatic heterocycles. The molecule has 0 saturated heterocycles. The van der Waals surface area contributed by atoms with Crippen LogP contribution in [0.3, 0.4) is 0 Å². The maximum Gasteiger partial charge on any atom is 0.349 e. The molecule has 3 nitrogen and oxygen atoms in total. The Morgan fingerprint density at radius 2 is 1.24 bits per heavy atom. The van der Waals surface area contributed by atoms with E-state index in [1.807, 2.05) is 30.3 Å². The maximum atomic E-state index is 13.5. The van der Waals surface area contributed by atoms with E-state index in [0.29, 0.717) is 0 Å². The third-order valence-electron chi connectivity index (χ3n) is 3.54. The van der Waals surface area contributed by atoms with E-state index in [1.54, 1.807) is 24.3 Å². The molecule has 0 fully saturated rings. The number of halogens is 5. The van der Waals surface area contributed by atoms with Gasteiger partial charge < -0.3 is 9.47 Å². The van der Waals surface area contributed by atoms with Crippen molar-refractivity contribution >= 4 is 17.7 Å². The van der Waals surface area contributed by atoms with E-state index in [1.165, 1.54) is 11.8 Å². The van der Waals surface area contributed by atoms with Crippen LogP contribution < -0.4 is 9.47 Å². The summed E-state index contributed by atoms with van der Waals surface area (Å²) in [6.45, 7) is -0.801. The number of esters is 1. The molecule has 0 heterocycles. The second-order valence-corrected chi connectivity index (χ2v) is 6.70. The molecule has 0 amide bonds. The van der Waals surface area contributed by atoms with Crippen LogP contribution in [0.2, 0.25) is 0 Å². The summed E-state index contributed by atoms with van der Waals surface area (Å²) in [4.78, 5) is 13.6. The average molecular weight is 426 g/mol. The van der Waals surface area contributed by atoms with Gasteiger partial charge in [-0.3, -0.25) is 0 Å². The maximum absolute atomic E-state index is 13.5. The van der Waals surface area contributed by atoms with Crippen molar-refractivity contribution in [1.82, 2.24) is 0 Å². The van der Waals surface area contributed by atoms with E-state index in [4.69, 9.17) is 4.74 Å². The van der Waals surface area contributed by atoms with Gasteiger partial charge in [-0.2, -0.15) is 8.78 Å². The summed E-state index contributed by atoms with van der Waals surface area (Å²) >= 11 is 1.50. The monoisotopic (exact) mass is 426 g/mol. The summed E-state index contributed by atoms with van der Waals surface area (Å²) in [5.41, 5.74) is 0. The molecule has 3 rings (SSSR count). The largest absolute Gasteiger partial charge is 0.482 e. The van der Waals surface area contributed by atoms with Gasteiger partial charge in [-0.05, 0) is 36.4 Å². The summed E-state index contributed by atoms with van der Waals surface area (Å²) < 4.78 is 75.6. The molecule has 0 unspecified atom stereocenters. The molecule has 0 saturated carbocycles. The van der Waals surface area contributed by atoms with Crippen molar-refractivity contribution in [2.45, 2.75) is 9.79 Å². The predicted octanol–water partition coefficient (Wildman–Crippen LogP) is 5.52. The summed E-state index contributed by atoms with van der Waals surface area (Å²) in [6.07, 6.45) is 0. The summed E-state index contributed by atoms with van der Waals surface area (Å²) in [7, 11) is 0. The first-order valence-corrected chi connectivity index (χ1v) is 8.86. The number of hydrogen-bond acceptors (Lipinski definition) is 4. The minimum absolute atomic E-state index is 0.247. The predicted molar refractivity (Wildman–Crippen MR) is 94.4 cm³/mol. The van der Waals surface area contributed by atoms with Crippen LogP contribution in [0.5, 0.6) is 11.5 Å². The standard InChI is InChI=1S/C20H11F5O3S/c21-15-16(22)18(24)20(19(25)17(15)23)28-14(26)10-27-11-6-8-13(9-7-11)29-12-4-2-1-3-5-12/h1-9H,10H2. The van der Waals surface area contributed by atoms with Crippen LogP contribution >= 0.6 is 11.8 Å². The van der Waals surface area contributed by atoms with Gasteiger partial charge in [0.1, 0.15) is 5.75 Å². The fourth-order valence-electron chi connectivity index (χ4n) is 2.19. The smallest absolute Gasteiger partial charge is 0.349 e. The van der Waals surface area contributed by atoms with Crippen LogP contribution in [-0.2, 0) is 4.79 Å². The zero-order valence-electron chi connectivity index (χ0n) is 14.4. The third-order valence-corrected chi connectivity index (χ3v) is 4.56. The lowest BCUT2D eigenvalue weighted by molar-refractivity contribution is -0.137. The molecule has 150 valence electrons. The van der Waals surface area contributed by atoms with Gasteiger partial charge in [0.15, 0.2) is 6.61 Å². The summed E-state index contributed by atoms with van der Waals surface area (Å²) in [5.74, 6) is -14.0. The van der Waals surface area contributed by atoms with Crippen LogP contribution in [-0.4, -0.2) is 12.6 Å². The Labute approximate surface area is 166 Å². The Hall–Kier alpha value is -3.07. The minimum atomic E-state index is -2.34. The molecule has 3 aromatic carbocycles. The number of ether oxygens (including phenoxy) is 2. The van der Waals surface area contributed by atoms with Crippen LogP contribution in [0.15, 0.2) is 64.4 Å². The lowest BCUT2D eigenvalue weighted by Crippen LogP contribution is -2.20. The Morgan fingerprint density at radius 1 is 0.724 bits per heavy atom. The Bertz CT molecular complexity index is 998. The Kier molecular flexibility index (Phi) is 6.38. The number of rotatable bonds is 6. The highest BCUT2D eigenvalue weighted by molar-refractivity contribution is 7.99. The van der Waals surface area contributed by atoms with Crippen molar-refractivity contribution in [3.8, 4) is 11.5 Å². The first-order valence-electron chi connectivity index (χ1n) is 8.04. The van der Waals surface area contributed by atoms with Gasteiger partial charge >= 0.3 is 5.97 Å². The molecule has 9 heteroatoms. The first kappa shape index (κ1) is 20.7. The van der Waals surface area contributed by atoms with Crippen LogP contribution in [0.1, 0.15) is 0 Å². The van der Waals surface area contributed by atoms with Gasteiger partial charge in [0, 0.05) is 9.79 Å². The van der Waals surface area contributed by atoms with Gasteiger partial charge in [0.25, 0.3) is 0 Å². The van der Waals surface area contributed by atoms with Crippen molar-refractivity contribution in [1.29, 1.82) is 0 Å². The molecule has 0 bridgehead atoms. The van der Waals surface area contributed by atoms with E-state index >= 15 is 0 Å². The van der Waals surface area contributed by atoms with Gasteiger partial charge in [-0.15, -0.1) is 0 Å². The van der Waals surface area contributed by atoms with Crippen molar-refractivity contribution in [3.63, 3.8) is 0 Å². The number of carbonyl (C=O) groups is 1. The molecule has 3 aromatic rings. The summed E-state index contributed by atoms with van der Waals surface area (Å²) in [5, 5.41) is 0. The Morgan fingerprint density at radius 3 is 1.83 bits per heavy atom. The summed E-state index contributed by atoms with van der Waals surface area (Å²) in [6, 6.07) is 16.1. The number of carbonyl (C=O) groups excluding carboxylic acids is 1. The number of hydrogen-bond donors (Lipinski definition) is 0. The normalized spacial score (nSPS) is 10.7. The van der Waals surface area contributed by atoms with Gasteiger partial charge in [0.05, 0.1) is 0 Å². The fraction of sp³-hybridized carbons (Fsp3) is 0.0500. The van der Waals surface area contributed by atoms with Crippen molar-refractivity contribution in [2.75, 3.05) is 6.61 Å². The van der Waals surface area contributed by atoms with Crippen LogP contribution in [0.4, 0.5) is 22.0 Å². The quantitative estimate of drug-likeness (QED) is 0.171. The highest BCUT2D eigenvalue weighted by Gasteiger charge is 2.28. The minimum Gasteiger partial charge on any atom is -0.482 e. The topological polar surface area (TPSA) is 35.5 Å². The average Bonchev–Trinajstić information content (AvgIpc) is 2.74. The molecule has 0 atom stereocenters. The van der Waals surface area contributed by atoms with E-state index in [2.05, 4.69) is 4.74 Å². The highest BCUT2D eigenvalue weighted by Crippen LogP contribution is 2.30. The van der Waals surface area contributed by atoms with E-state index < -0.39 is 47.4 Å². The zero-order chi connectivity index (χ0) is 21.0. The van der Waals surface area contributed by atoms with E-state index in [0.717, 1.165) is 9.79 Å². The molecule has 0 aliphatic carbocycles. The first-order chi connectivity index (χ1) is 13.9. The SMILES string of the molecule is O=C(COc1ccc(Sc2ccccc2)cc1)Oc1c(F)c(F)c(F)c(F)c1F. The third kappa shape index (κ3) is 4.86. The molecule has 0 aliphatic rings. The molecule has 29 heavy (non-hydrogen) atoms. The lowest BCUT2D eigenvalue weighted by atomic mass is 10.2. The second kappa shape index (κ2) is 8.95. The fourth-order valence-corrected chi connectivity index (χ4v) is 3.03. The lowest BCUT2D eigenvalue weighted by Gasteiger charge is -2.10. The molecule has 0 aliphatic heterocycles. The van der Waals surface area contributed by atoms with Gasteiger partial charge in [-0.1, -0.05) is 30.0 Å². The Balaban J connectivity index is 1.60. The molecular formula is C20H11F5O3S. The van der Waals surface area contributed by atoms with Crippen molar-refractivity contribution in [2.24, 2.45) is 0 Å². The number of benzene rings is 3. The zero-order valence-corrected chi connectivity index (χ0v) is 15.2. The van der Waals surface area contributed by atoms with Crippen LogP contribution in [0.25, 0.3) is 0 Å².